The molecule has 1 heterocycles. The van der Waals surface area contributed by atoms with Crippen LogP contribution in [0.5, 0.6) is 5.75 Å². The van der Waals surface area contributed by atoms with Gasteiger partial charge in [-0.15, -0.1) is 0 Å². The predicted octanol–water partition coefficient (Wildman–Crippen LogP) is 4.62. The summed E-state index contributed by atoms with van der Waals surface area (Å²) >= 11 is 6.05. The Kier molecular flexibility index (Phi) is 5.16. The van der Waals surface area contributed by atoms with Crippen molar-refractivity contribution in [1.29, 1.82) is 0 Å². The van der Waals surface area contributed by atoms with Gasteiger partial charge in [-0.1, -0.05) is 11.6 Å². The SMILES string of the molecule is CCS(O)(O)c1ccc(OCC2CC2)c(-c2cc(Cl)c(=O)n(C)c2)c1. The lowest BCUT2D eigenvalue weighted by Crippen LogP contribution is -2.16. The van der Waals surface area contributed by atoms with E-state index in [0.29, 0.717) is 34.3 Å². The molecule has 2 N–H and O–H groups in total. The van der Waals surface area contributed by atoms with Gasteiger partial charge < -0.3 is 9.30 Å². The van der Waals surface area contributed by atoms with Gasteiger partial charge in [0.1, 0.15) is 10.8 Å². The van der Waals surface area contributed by atoms with E-state index < -0.39 is 10.6 Å². The molecule has 7 heteroatoms. The summed E-state index contributed by atoms with van der Waals surface area (Å²) in [6, 6.07) is 6.76. The second-order valence-corrected chi connectivity index (χ2v) is 9.15. The number of pyridine rings is 1. The molecular weight excluding hydrogens is 362 g/mol. The Hall–Kier alpha value is -1.47. The second-order valence-electron chi connectivity index (χ2n) is 6.36. The monoisotopic (exact) mass is 383 g/mol. The fourth-order valence-corrected chi connectivity index (χ4v) is 3.72. The molecule has 0 bridgehead atoms. The van der Waals surface area contributed by atoms with Crippen LogP contribution >= 0.6 is 22.2 Å². The van der Waals surface area contributed by atoms with E-state index in [-0.39, 0.29) is 16.3 Å². The molecule has 1 aromatic heterocycles. The maximum atomic E-state index is 11.9. The first-order chi connectivity index (χ1) is 11.8. The molecule has 5 nitrogen and oxygen atoms in total. The number of nitrogens with zero attached hydrogens (tertiary/aromatic N) is 1. The van der Waals surface area contributed by atoms with Gasteiger partial charge in [-0.05, 0) is 49.9 Å². The summed E-state index contributed by atoms with van der Waals surface area (Å²) < 4.78 is 27.9. The standard InChI is InChI=1S/C18H22ClNO4S/c1-3-25(22,23)14-6-7-17(24-11-12-4-5-12)15(9-14)13-8-16(19)18(21)20(2)10-13/h6-10,12,22-23H,3-5,11H2,1-2H3. The van der Waals surface area contributed by atoms with E-state index in [1.165, 1.54) is 17.4 Å². The van der Waals surface area contributed by atoms with E-state index in [9.17, 15) is 13.9 Å². The minimum absolute atomic E-state index is 0.112. The number of hydrogen-bond acceptors (Lipinski definition) is 4. The van der Waals surface area contributed by atoms with Crippen molar-refractivity contribution in [2.24, 2.45) is 13.0 Å². The highest BCUT2D eigenvalue weighted by atomic mass is 35.5. The van der Waals surface area contributed by atoms with Crippen LogP contribution in [0.2, 0.25) is 5.02 Å². The van der Waals surface area contributed by atoms with Crippen molar-refractivity contribution in [3.8, 4) is 16.9 Å². The second kappa shape index (κ2) is 7.03. The molecule has 0 unspecified atom stereocenters. The average molecular weight is 384 g/mol. The quantitative estimate of drug-likeness (QED) is 0.763. The first kappa shape index (κ1) is 18.3. The third-order valence-electron chi connectivity index (χ3n) is 4.35. The molecule has 1 fully saturated rings. The van der Waals surface area contributed by atoms with Crippen LogP contribution in [-0.2, 0) is 7.05 Å². The number of benzene rings is 1. The summed E-state index contributed by atoms with van der Waals surface area (Å²) in [5, 5.41) is 0.112. The van der Waals surface area contributed by atoms with Gasteiger partial charge >= 0.3 is 0 Å². The summed E-state index contributed by atoms with van der Waals surface area (Å²) in [7, 11) is -1.22. The third kappa shape index (κ3) is 4.03. The lowest BCUT2D eigenvalue weighted by atomic mass is 10.1. The van der Waals surface area contributed by atoms with E-state index in [4.69, 9.17) is 16.3 Å². The zero-order chi connectivity index (χ0) is 18.2. The minimum atomic E-state index is -2.85. The third-order valence-corrected chi connectivity index (χ3v) is 6.44. The van der Waals surface area contributed by atoms with E-state index in [0.717, 1.165) is 0 Å². The van der Waals surface area contributed by atoms with Gasteiger partial charge in [-0.25, -0.2) is 0 Å². The Labute approximate surface area is 153 Å². The highest BCUT2D eigenvalue weighted by Crippen LogP contribution is 2.50. The summed E-state index contributed by atoms with van der Waals surface area (Å²) in [5.41, 5.74) is 1.12. The molecule has 25 heavy (non-hydrogen) atoms. The molecule has 1 aromatic carbocycles. The minimum Gasteiger partial charge on any atom is -0.493 e. The van der Waals surface area contributed by atoms with Gasteiger partial charge in [0.25, 0.3) is 5.56 Å². The molecule has 0 atom stereocenters. The van der Waals surface area contributed by atoms with Gasteiger partial charge in [0, 0.05) is 30.1 Å². The Bertz CT molecular complexity index is 819. The van der Waals surface area contributed by atoms with Crippen molar-refractivity contribution < 1.29 is 13.8 Å². The van der Waals surface area contributed by atoms with Crippen molar-refractivity contribution in [3.63, 3.8) is 0 Å². The van der Waals surface area contributed by atoms with Crippen LogP contribution < -0.4 is 10.3 Å². The Morgan fingerprint density at radius 3 is 2.64 bits per heavy atom. The number of rotatable bonds is 6. The van der Waals surface area contributed by atoms with Crippen molar-refractivity contribution in [2.75, 3.05) is 12.4 Å². The lowest BCUT2D eigenvalue weighted by molar-refractivity contribution is 0.301. The summed E-state index contributed by atoms with van der Waals surface area (Å²) in [6.45, 7) is 2.37. The first-order valence-electron chi connectivity index (χ1n) is 8.21. The van der Waals surface area contributed by atoms with Crippen LogP contribution in [0.15, 0.2) is 40.2 Å². The van der Waals surface area contributed by atoms with Gasteiger partial charge in [0.2, 0.25) is 0 Å². The zero-order valence-electron chi connectivity index (χ0n) is 14.2. The molecule has 3 rings (SSSR count). The summed E-state index contributed by atoms with van der Waals surface area (Å²) in [5.74, 6) is 1.48. The largest absolute Gasteiger partial charge is 0.493 e. The molecule has 136 valence electrons. The number of halogens is 1. The number of ether oxygens (including phenoxy) is 1. The average Bonchev–Trinajstić information content (AvgIpc) is 3.41. The molecule has 1 aliphatic carbocycles. The Balaban J connectivity index is 2.09. The molecule has 0 aliphatic heterocycles. The fraction of sp³-hybridized carbons (Fsp3) is 0.389. The molecular formula is C18H22ClNO4S. The summed E-state index contributed by atoms with van der Waals surface area (Å²) in [6.07, 6.45) is 4.03. The van der Waals surface area contributed by atoms with E-state index in [2.05, 4.69) is 0 Å². The van der Waals surface area contributed by atoms with Crippen molar-refractivity contribution in [2.45, 2.75) is 24.7 Å². The maximum Gasteiger partial charge on any atom is 0.269 e. The van der Waals surface area contributed by atoms with Gasteiger partial charge in [-0.3, -0.25) is 13.9 Å². The first-order valence-corrected chi connectivity index (χ1v) is 10.3. The van der Waals surface area contributed by atoms with Gasteiger partial charge in [0.05, 0.1) is 11.5 Å². The van der Waals surface area contributed by atoms with Crippen LogP contribution in [0.25, 0.3) is 11.1 Å². The smallest absolute Gasteiger partial charge is 0.269 e. The van der Waals surface area contributed by atoms with E-state index in [1.54, 1.807) is 44.4 Å². The number of aryl methyl sites for hydroxylation is 1. The van der Waals surface area contributed by atoms with Crippen molar-refractivity contribution in [3.05, 3.63) is 45.8 Å². The van der Waals surface area contributed by atoms with Crippen LogP contribution in [0, 0.1) is 5.92 Å². The van der Waals surface area contributed by atoms with Crippen molar-refractivity contribution >= 4 is 22.2 Å². The Morgan fingerprint density at radius 1 is 1.32 bits per heavy atom. The summed E-state index contributed by atoms with van der Waals surface area (Å²) in [4.78, 5) is 12.3. The van der Waals surface area contributed by atoms with Crippen LogP contribution in [0.1, 0.15) is 19.8 Å². The molecule has 0 radical (unpaired) electrons. The van der Waals surface area contributed by atoms with E-state index >= 15 is 0 Å². The number of hydrogen-bond donors (Lipinski definition) is 2. The molecule has 1 saturated carbocycles. The van der Waals surface area contributed by atoms with E-state index in [1.807, 2.05) is 0 Å². The normalized spacial score (nSPS) is 15.2. The molecule has 1 aliphatic rings. The zero-order valence-corrected chi connectivity index (χ0v) is 15.8. The molecule has 0 saturated heterocycles. The molecule has 0 amide bonds. The predicted molar refractivity (Wildman–Crippen MR) is 102 cm³/mol. The van der Waals surface area contributed by atoms with Gasteiger partial charge in [0.15, 0.2) is 0 Å². The number of aromatic nitrogens is 1. The topological polar surface area (TPSA) is 71.7 Å². The van der Waals surface area contributed by atoms with Crippen molar-refractivity contribution in [1.82, 2.24) is 4.57 Å². The maximum absolute atomic E-state index is 11.9. The van der Waals surface area contributed by atoms with Gasteiger partial charge in [-0.2, -0.15) is 10.6 Å². The highest BCUT2D eigenvalue weighted by Gasteiger charge is 2.23. The highest BCUT2D eigenvalue weighted by molar-refractivity contribution is 8.24. The lowest BCUT2D eigenvalue weighted by Gasteiger charge is -2.31. The molecule has 0 spiro atoms. The van der Waals surface area contributed by atoms with Crippen LogP contribution in [0.4, 0.5) is 0 Å². The Morgan fingerprint density at radius 2 is 2.04 bits per heavy atom. The van der Waals surface area contributed by atoms with Crippen LogP contribution in [0.3, 0.4) is 0 Å². The fourth-order valence-electron chi connectivity index (χ4n) is 2.54. The molecule has 2 aromatic rings. The van der Waals surface area contributed by atoms with Crippen LogP contribution in [-0.4, -0.2) is 26.0 Å².